The molecule has 1 amide bonds. The van der Waals surface area contributed by atoms with Gasteiger partial charge in [0, 0.05) is 26.1 Å². The number of benzene rings is 1. The third-order valence-electron chi connectivity index (χ3n) is 3.80. The lowest BCUT2D eigenvalue weighted by molar-refractivity contribution is -0.135. The van der Waals surface area contributed by atoms with Crippen molar-refractivity contribution in [1.82, 2.24) is 4.90 Å². The molecule has 0 fully saturated rings. The summed E-state index contributed by atoms with van der Waals surface area (Å²) in [5, 5.41) is 0. The van der Waals surface area contributed by atoms with Crippen LogP contribution < -0.4 is 5.73 Å². The summed E-state index contributed by atoms with van der Waals surface area (Å²) in [6.07, 6.45) is 4.20. The summed E-state index contributed by atoms with van der Waals surface area (Å²) in [6.45, 7) is 5.50. The third-order valence-corrected chi connectivity index (χ3v) is 3.80. The number of nitrogens with two attached hydrogens (primary N) is 1. The summed E-state index contributed by atoms with van der Waals surface area (Å²) in [5.74, 6) is 0.437. The van der Waals surface area contributed by atoms with Crippen LogP contribution in [-0.4, -0.2) is 17.9 Å². The molecule has 0 aliphatic carbocycles. The van der Waals surface area contributed by atoms with Gasteiger partial charge in [0.15, 0.2) is 0 Å². The smallest absolute Gasteiger partial charge is 0.225 e. The second-order valence-electron chi connectivity index (χ2n) is 5.46. The van der Waals surface area contributed by atoms with Crippen molar-refractivity contribution < 1.29 is 4.79 Å². The summed E-state index contributed by atoms with van der Waals surface area (Å²) in [6, 6.07) is 8.17. The van der Waals surface area contributed by atoms with E-state index in [-0.39, 0.29) is 11.8 Å². The van der Waals surface area contributed by atoms with Gasteiger partial charge in [0.1, 0.15) is 0 Å². The van der Waals surface area contributed by atoms with Crippen LogP contribution in [0.3, 0.4) is 0 Å². The highest BCUT2D eigenvalue weighted by Crippen LogP contribution is 2.17. The number of unbranched alkanes of at least 4 members (excludes halogenated alkanes) is 1. The van der Waals surface area contributed by atoms with Crippen LogP contribution in [0.5, 0.6) is 0 Å². The van der Waals surface area contributed by atoms with E-state index in [0.717, 1.165) is 36.8 Å². The monoisotopic (exact) mass is 276 g/mol. The van der Waals surface area contributed by atoms with Crippen LogP contribution in [0.15, 0.2) is 24.3 Å². The van der Waals surface area contributed by atoms with E-state index in [2.05, 4.69) is 26.0 Å². The molecule has 1 atom stereocenters. The van der Waals surface area contributed by atoms with Crippen molar-refractivity contribution in [3.05, 3.63) is 35.4 Å². The molecule has 1 aromatic rings. The van der Waals surface area contributed by atoms with Gasteiger partial charge in [-0.15, -0.1) is 0 Å². The van der Waals surface area contributed by atoms with Crippen molar-refractivity contribution in [1.29, 1.82) is 0 Å². The molecule has 0 spiro atoms. The van der Waals surface area contributed by atoms with E-state index in [1.165, 1.54) is 0 Å². The summed E-state index contributed by atoms with van der Waals surface area (Å²) in [5.41, 5.74) is 7.87. The molecule has 1 rings (SSSR count). The molecule has 0 aromatic heterocycles. The topological polar surface area (TPSA) is 46.3 Å². The van der Waals surface area contributed by atoms with Crippen molar-refractivity contribution in [3.63, 3.8) is 0 Å². The van der Waals surface area contributed by atoms with Gasteiger partial charge in [0.2, 0.25) is 5.91 Å². The summed E-state index contributed by atoms with van der Waals surface area (Å²) >= 11 is 0. The zero-order valence-electron chi connectivity index (χ0n) is 13.1. The predicted molar refractivity (Wildman–Crippen MR) is 84.1 cm³/mol. The SMILES string of the molecule is CCCCC(CC)C(=O)N(C)Cc1ccc(CN)cc1. The van der Waals surface area contributed by atoms with Gasteiger partial charge in [-0.2, -0.15) is 0 Å². The Hall–Kier alpha value is -1.35. The first-order chi connectivity index (χ1) is 9.62. The van der Waals surface area contributed by atoms with Crippen molar-refractivity contribution in [2.75, 3.05) is 7.05 Å². The Labute approximate surface area is 123 Å². The summed E-state index contributed by atoms with van der Waals surface area (Å²) in [4.78, 5) is 14.3. The van der Waals surface area contributed by atoms with Gasteiger partial charge in [-0.05, 0) is 24.0 Å². The molecule has 0 aliphatic heterocycles. The van der Waals surface area contributed by atoms with Gasteiger partial charge in [0.25, 0.3) is 0 Å². The van der Waals surface area contributed by atoms with Crippen molar-refractivity contribution in [2.24, 2.45) is 11.7 Å². The number of amides is 1. The molecule has 1 unspecified atom stereocenters. The van der Waals surface area contributed by atoms with Crippen LogP contribution in [0.4, 0.5) is 0 Å². The molecule has 3 nitrogen and oxygen atoms in total. The van der Waals surface area contributed by atoms with Crippen LogP contribution in [0.2, 0.25) is 0 Å². The van der Waals surface area contributed by atoms with E-state index in [9.17, 15) is 4.79 Å². The molecular weight excluding hydrogens is 248 g/mol. The third kappa shape index (κ3) is 4.97. The molecule has 0 aliphatic rings. The van der Waals surface area contributed by atoms with E-state index in [1.807, 2.05) is 24.1 Å². The number of hydrogen-bond acceptors (Lipinski definition) is 2. The van der Waals surface area contributed by atoms with E-state index < -0.39 is 0 Å². The van der Waals surface area contributed by atoms with Gasteiger partial charge in [-0.1, -0.05) is 51.0 Å². The molecule has 20 heavy (non-hydrogen) atoms. The molecule has 2 N–H and O–H groups in total. The Bertz CT molecular complexity index is 400. The Morgan fingerprint density at radius 1 is 1.20 bits per heavy atom. The second-order valence-corrected chi connectivity index (χ2v) is 5.46. The van der Waals surface area contributed by atoms with E-state index in [4.69, 9.17) is 5.73 Å². The Kier molecular flexibility index (Phi) is 7.31. The normalized spacial score (nSPS) is 12.2. The van der Waals surface area contributed by atoms with Crippen LogP contribution in [0.25, 0.3) is 0 Å². The van der Waals surface area contributed by atoms with Crippen molar-refractivity contribution in [2.45, 2.75) is 52.6 Å². The van der Waals surface area contributed by atoms with Gasteiger partial charge in [0.05, 0.1) is 0 Å². The Morgan fingerprint density at radius 2 is 1.80 bits per heavy atom. The van der Waals surface area contributed by atoms with Gasteiger partial charge >= 0.3 is 0 Å². The van der Waals surface area contributed by atoms with E-state index >= 15 is 0 Å². The lowest BCUT2D eigenvalue weighted by Crippen LogP contribution is -2.32. The zero-order chi connectivity index (χ0) is 15.0. The minimum Gasteiger partial charge on any atom is -0.341 e. The maximum atomic E-state index is 12.4. The fourth-order valence-corrected chi connectivity index (χ4v) is 2.40. The van der Waals surface area contributed by atoms with Crippen LogP contribution in [0, 0.1) is 5.92 Å². The molecule has 3 heteroatoms. The molecule has 1 aromatic carbocycles. The largest absolute Gasteiger partial charge is 0.341 e. The quantitative estimate of drug-likeness (QED) is 0.791. The highest BCUT2D eigenvalue weighted by molar-refractivity contribution is 5.78. The van der Waals surface area contributed by atoms with Crippen LogP contribution >= 0.6 is 0 Å². The second kappa shape index (κ2) is 8.75. The number of carbonyl (C=O) groups excluding carboxylic acids is 1. The zero-order valence-corrected chi connectivity index (χ0v) is 13.1. The maximum absolute atomic E-state index is 12.4. The van der Waals surface area contributed by atoms with Crippen molar-refractivity contribution in [3.8, 4) is 0 Å². The average molecular weight is 276 g/mol. The van der Waals surface area contributed by atoms with E-state index in [1.54, 1.807) is 0 Å². The number of rotatable bonds is 8. The fourth-order valence-electron chi connectivity index (χ4n) is 2.40. The molecule has 0 bridgehead atoms. The average Bonchev–Trinajstić information content (AvgIpc) is 2.48. The lowest BCUT2D eigenvalue weighted by atomic mass is 9.97. The van der Waals surface area contributed by atoms with E-state index in [0.29, 0.717) is 13.1 Å². The number of carbonyl (C=O) groups is 1. The first-order valence-corrected chi connectivity index (χ1v) is 7.65. The molecular formula is C17H28N2O. The minimum atomic E-state index is 0.170. The van der Waals surface area contributed by atoms with Gasteiger partial charge < -0.3 is 10.6 Å². The minimum absolute atomic E-state index is 0.170. The Morgan fingerprint density at radius 3 is 2.30 bits per heavy atom. The highest BCUT2D eigenvalue weighted by Gasteiger charge is 2.19. The fraction of sp³-hybridized carbons (Fsp3) is 0.588. The van der Waals surface area contributed by atoms with Crippen LogP contribution in [-0.2, 0) is 17.9 Å². The molecule has 0 radical (unpaired) electrons. The van der Waals surface area contributed by atoms with Crippen LogP contribution in [0.1, 0.15) is 50.7 Å². The molecule has 0 saturated heterocycles. The summed E-state index contributed by atoms with van der Waals surface area (Å²) in [7, 11) is 1.90. The Balaban J connectivity index is 2.58. The first-order valence-electron chi connectivity index (χ1n) is 7.65. The van der Waals surface area contributed by atoms with Crippen molar-refractivity contribution >= 4 is 5.91 Å². The first kappa shape index (κ1) is 16.7. The predicted octanol–water partition coefficient (Wildman–Crippen LogP) is 3.32. The van der Waals surface area contributed by atoms with Gasteiger partial charge in [-0.25, -0.2) is 0 Å². The number of hydrogen-bond donors (Lipinski definition) is 1. The molecule has 112 valence electrons. The van der Waals surface area contributed by atoms with Gasteiger partial charge in [-0.3, -0.25) is 4.79 Å². The lowest BCUT2D eigenvalue weighted by Gasteiger charge is -2.23. The standard InChI is InChI=1S/C17H28N2O/c1-4-6-7-16(5-2)17(20)19(3)13-15-10-8-14(12-18)9-11-15/h8-11,16H,4-7,12-13,18H2,1-3H3. The number of nitrogens with zero attached hydrogens (tertiary/aromatic N) is 1. The maximum Gasteiger partial charge on any atom is 0.225 e. The summed E-state index contributed by atoms with van der Waals surface area (Å²) < 4.78 is 0. The molecule has 0 heterocycles. The highest BCUT2D eigenvalue weighted by atomic mass is 16.2. The molecule has 0 saturated carbocycles.